The number of methoxy groups -OCH3 is 1. The van der Waals surface area contributed by atoms with E-state index < -0.39 is 12.0 Å². The van der Waals surface area contributed by atoms with Crippen LogP contribution in [0.3, 0.4) is 0 Å². The molecule has 5 nitrogen and oxygen atoms in total. The molecular weight excluding hydrogens is 270 g/mol. The molecule has 0 saturated heterocycles. The molecule has 0 bridgehead atoms. The maximum Gasteiger partial charge on any atom is 0.248 e. The van der Waals surface area contributed by atoms with Crippen LogP contribution in [0.25, 0.3) is 0 Å². The van der Waals surface area contributed by atoms with Crippen LogP contribution in [-0.2, 0) is 0 Å². The first-order chi connectivity index (χ1) is 10.0. The highest BCUT2D eigenvalue weighted by atomic mass is 16.5. The molecule has 0 aliphatic rings. The van der Waals surface area contributed by atoms with E-state index in [4.69, 9.17) is 15.2 Å². The minimum absolute atomic E-state index is 0.406. The first-order valence-electron chi connectivity index (χ1n) is 6.45. The van der Waals surface area contributed by atoms with Gasteiger partial charge in [0.15, 0.2) is 0 Å². The van der Waals surface area contributed by atoms with Crippen molar-refractivity contribution < 1.29 is 19.4 Å². The summed E-state index contributed by atoms with van der Waals surface area (Å²) in [5.41, 5.74) is 6.16. The molecule has 0 saturated carbocycles. The lowest BCUT2D eigenvalue weighted by Crippen LogP contribution is -2.10. The number of primary amides is 1. The molecule has 0 spiro atoms. The standard InChI is InChI=1S/C16H17NO4/c1-10(18)15-13(20-2)4-3-5-14(15)21-12-8-6-11(7-9-12)16(17)19/h3-10,18H,1-2H3,(H2,17,19). The van der Waals surface area contributed by atoms with Crippen LogP contribution < -0.4 is 15.2 Å². The molecular formula is C16H17NO4. The average molecular weight is 287 g/mol. The van der Waals surface area contributed by atoms with Crippen LogP contribution in [0.1, 0.15) is 28.9 Å². The maximum atomic E-state index is 11.0. The van der Waals surface area contributed by atoms with Crippen molar-refractivity contribution in [3.8, 4) is 17.2 Å². The summed E-state index contributed by atoms with van der Waals surface area (Å²) in [6.45, 7) is 1.64. The first kappa shape index (κ1) is 14.9. The van der Waals surface area contributed by atoms with Gasteiger partial charge in [0.05, 0.1) is 18.8 Å². The summed E-state index contributed by atoms with van der Waals surface area (Å²) in [5.74, 6) is 1.09. The summed E-state index contributed by atoms with van der Waals surface area (Å²) in [6.07, 6.45) is -0.735. The molecule has 0 aromatic heterocycles. The third-order valence-corrected chi connectivity index (χ3v) is 3.03. The molecule has 2 aromatic carbocycles. The molecule has 2 aromatic rings. The van der Waals surface area contributed by atoms with Gasteiger partial charge in [-0.3, -0.25) is 4.79 Å². The van der Waals surface area contributed by atoms with Crippen LogP contribution in [0.2, 0.25) is 0 Å². The molecule has 0 fully saturated rings. The van der Waals surface area contributed by atoms with Crippen molar-refractivity contribution in [2.75, 3.05) is 7.11 Å². The van der Waals surface area contributed by atoms with Crippen LogP contribution in [0.15, 0.2) is 42.5 Å². The molecule has 3 N–H and O–H groups in total. The topological polar surface area (TPSA) is 81.8 Å². The molecule has 2 rings (SSSR count). The normalized spacial score (nSPS) is 11.8. The molecule has 110 valence electrons. The lowest BCUT2D eigenvalue weighted by Gasteiger charge is -2.16. The number of ether oxygens (including phenoxy) is 2. The van der Waals surface area contributed by atoms with Gasteiger partial charge < -0.3 is 20.3 Å². The molecule has 0 heterocycles. The lowest BCUT2D eigenvalue weighted by atomic mass is 10.1. The number of carbonyl (C=O) groups excluding carboxylic acids is 1. The Morgan fingerprint density at radius 2 is 1.76 bits per heavy atom. The van der Waals surface area contributed by atoms with Crippen LogP contribution in [0.4, 0.5) is 0 Å². The van der Waals surface area contributed by atoms with E-state index in [1.54, 1.807) is 49.4 Å². The number of benzene rings is 2. The number of rotatable bonds is 5. The monoisotopic (exact) mass is 287 g/mol. The van der Waals surface area contributed by atoms with Gasteiger partial charge in [-0.05, 0) is 43.3 Å². The Balaban J connectivity index is 2.33. The fourth-order valence-electron chi connectivity index (χ4n) is 2.02. The summed E-state index contributed by atoms with van der Waals surface area (Å²) in [7, 11) is 1.53. The second kappa shape index (κ2) is 6.28. The Bertz CT molecular complexity index is 635. The van der Waals surface area contributed by atoms with Crippen molar-refractivity contribution in [2.24, 2.45) is 5.73 Å². The van der Waals surface area contributed by atoms with E-state index in [0.717, 1.165) is 0 Å². The number of nitrogens with two attached hydrogens (primary N) is 1. The van der Waals surface area contributed by atoms with Crippen molar-refractivity contribution in [3.05, 3.63) is 53.6 Å². The summed E-state index contributed by atoms with van der Waals surface area (Å²) in [6, 6.07) is 11.7. The zero-order valence-corrected chi connectivity index (χ0v) is 11.9. The van der Waals surface area contributed by atoms with E-state index in [-0.39, 0.29) is 0 Å². The van der Waals surface area contributed by atoms with E-state index in [0.29, 0.717) is 28.4 Å². The Labute approximate surface area is 122 Å². The van der Waals surface area contributed by atoms with Gasteiger partial charge in [-0.1, -0.05) is 6.07 Å². The van der Waals surface area contributed by atoms with Crippen LogP contribution >= 0.6 is 0 Å². The smallest absolute Gasteiger partial charge is 0.248 e. The maximum absolute atomic E-state index is 11.0. The van der Waals surface area contributed by atoms with Gasteiger partial charge in [0.2, 0.25) is 5.91 Å². The molecule has 0 aliphatic heterocycles. The SMILES string of the molecule is COc1cccc(Oc2ccc(C(N)=O)cc2)c1C(C)O. The average Bonchev–Trinajstić information content (AvgIpc) is 2.47. The lowest BCUT2D eigenvalue weighted by molar-refractivity contribution is 0.100. The van der Waals surface area contributed by atoms with Crippen molar-refractivity contribution in [1.29, 1.82) is 0 Å². The summed E-state index contributed by atoms with van der Waals surface area (Å²) in [5, 5.41) is 9.89. The number of hydrogen-bond acceptors (Lipinski definition) is 4. The van der Waals surface area contributed by atoms with E-state index in [1.807, 2.05) is 0 Å². The number of carbonyl (C=O) groups is 1. The minimum Gasteiger partial charge on any atom is -0.496 e. The molecule has 21 heavy (non-hydrogen) atoms. The predicted molar refractivity (Wildman–Crippen MR) is 78.7 cm³/mol. The molecule has 0 radical (unpaired) electrons. The summed E-state index contributed by atoms with van der Waals surface area (Å²) < 4.78 is 11.0. The quantitative estimate of drug-likeness (QED) is 0.885. The molecule has 1 atom stereocenters. The van der Waals surface area contributed by atoms with Gasteiger partial charge in [-0.15, -0.1) is 0 Å². The highest BCUT2D eigenvalue weighted by Crippen LogP contribution is 2.36. The molecule has 5 heteroatoms. The number of aliphatic hydroxyl groups excluding tert-OH is 1. The minimum atomic E-state index is -0.735. The number of hydrogen-bond donors (Lipinski definition) is 2. The largest absolute Gasteiger partial charge is 0.496 e. The summed E-state index contributed by atoms with van der Waals surface area (Å²) >= 11 is 0. The van der Waals surface area contributed by atoms with Gasteiger partial charge in [0.1, 0.15) is 17.2 Å². The van der Waals surface area contributed by atoms with Crippen LogP contribution in [0, 0.1) is 0 Å². The van der Waals surface area contributed by atoms with Crippen molar-refractivity contribution in [3.63, 3.8) is 0 Å². The fourth-order valence-corrected chi connectivity index (χ4v) is 2.02. The van der Waals surface area contributed by atoms with Crippen molar-refractivity contribution in [1.82, 2.24) is 0 Å². The number of aliphatic hydroxyl groups is 1. The highest BCUT2D eigenvalue weighted by molar-refractivity contribution is 5.92. The van der Waals surface area contributed by atoms with Crippen LogP contribution in [0.5, 0.6) is 17.2 Å². The third-order valence-electron chi connectivity index (χ3n) is 3.03. The van der Waals surface area contributed by atoms with Gasteiger partial charge in [-0.25, -0.2) is 0 Å². The predicted octanol–water partition coefficient (Wildman–Crippen LogP) is 2.64. The Hall–Kier alpha value is -2.53. The molecule has 0 aliphatic carbocycles. The fraction of sp³-hybridized carbons (Fsp3) is 0.188. The van der Waals surface area contributed by atoms with Crippen molar-refractivity contribution >= 4 is 5.91 Å². The zero-order chi connectivity index (χ0) is 15.4. The Morgan fingerprint density at radius 1 is 1.14 bits per heavy atom. The van der Waals surface area contributed by atoms with E-state index in [1.165, 1.54) is 7.11 Å². The van der Waals surface area contributed by atoms with Gasteiger partial charge in [0, 0.05) is 5.56 Å². The Kier molecular flexibility index (Phi) is 4.45. The van der Waals surface area contributed by atoms with Crippen LogP contribution in [-0.4, -0.2) is 18.1 Å². The second-order valence-corrected chi connectivity index (χ2v) is 4.54. The highest BCUT2D eigenvalue weighted by Gasteiger charge is 2.16. The van der Waals surface area contributed by atoms with E-state index >= 15 is 0 Å². The first-order valence-corrected chi connectivity index (χ1v) is 6.45. The van der Waals surface area contributed by atoms with Gasteiger partial charge in [0.25, 0.3) is 0 Å². The second-order valence-electron chi connectivity index (χ2n) is 4.54. The van der Waals surface area contributed by atoms with E-state index in [2.05, 4.69) is 0 Å². The summed E-state index contributed by atoms with van der Waals surface area (Å²) in [4.78, 5) is 11.0. The third kappa shape index (κ3) is 3.32. The van der Waals surface area contributed by atoms with Gasteiger partial charge in [-0.2, -0.15) is 0 Å². The zero-order valence-electron chi connectivity index (χ0n) is 11.9. The van der Waals surface area contributed by atoms with Gasteiger partial charge >= 0.3 is 0 Å². The molecule has 1 amide bonds. The van der Waals surface area contributed by atoms with E-state index in [9.17, 15) is 9.90 Å². The number of amides is 1. The molecule has 1 unspecified atom stereocenters. The Morgan fingerprint density at radius 3 is 2.29 bits per heavy atom. The van der Waals surface area contributed by atoms with Crippen molar-refractivity contribution in [2.45, 2.75) is 13.0 Å².